The maximum atomic E-state index is 12.9. The van der Waals surface area contributed by atoms with Gasteiger partial charge in [-0.3, -0.25) is 14.9 Å². The average molecular weight is 419 g/mol. The molecule has 2 heterocycles. The number of aryl methyl sites for hydroxylation is 2. The van der Waals surface area contributed by atoms with Crippen LogP contribution in [0.1, 0.15) is 21.1 Å². The van der Waals surface area contributed by atoms with E-state index in [0.717, 1.165) is 10.6 Å². The summed E-state index contributed by atoms with van der Waals surface area (Å²) < 4.78 is 1.55. The van der Waals surface area contributed by atoms with E-state index >= 15 is 0 Å². The quantitative estimate of drug-likeness (QED) is 0.371. The Labute approximate surface area is 176 Å². The van der Waals surface area contributed by atoms with Crippen molar-refractivity contribution in [3.8, 4) is 16.3 Å². The van der Waals surface area contributed by atoms with Crippen molar-refractivity contribution in [3.05, 3.63) is 87.0 Å². The van der Waals surface area contributed by atoms with Crippen LogP contribution in [0.4, 0.5) is 11.5 Å². The molecule has 1 N–H and O–H groups in total. The smallest absolute Gasteiger partial charge is 0.269 e. The number of rotatable bonds is 5. The van der Waals surface area contributed by atoms with Crippen LogP contribution in [0.5, 0.6) is 0 Å². The minimum absolute atomic E-state index is 0.0121. The van der Waals surface area contributed by atoms with Gasteiger partial charge in [-0.2, -0.15) is 5.10 Å². The Hall–Kier alpha value is -3.85. The Kier molecular flexibility index (Phi) is 5.11. The van der Waals surface area contributed by atoms with E-state index in [4.69, 9.17) is 0 Å². The Morgan fingerprint density at radius 1 is 1.10 bits per heavy atom. The molecule has 4 rings (SSSR count). The first-order valence-corrected chi connectivity index (χ1v) is 9.90. The van der Waals surface area contributed by atoms with E-state index < -0.39 is 4.92 Å². The fourth-order valence-electron chi connectivity index (χ4n) is 2.99. The van der Waals surface area contributed by atoms with Crippen LogP contribution in [0.25, 0.3) is 16.3 Å². The first-order valence-electron chi connectivity index (χ1n) is 9.08. The van der Waals surface area contributed by atoms with E-state index in [9.17, 15) is 14.9 Å². The Morgan fingerprint density at radius 3 is 2.47 bits per heavy atom. The largest absolute Gasteiger partial charge is 0.306 e. The predicted octanol–water partition coefficient (Wildman–Crippen LogP) is 4.77. The summed E-state index contributed by atoms with van der Waals surface area (Å²) in [6.07, 6.45) is 0. The molecule has 0 fully saturated rings. The van der Waals surface area contributed by atoms with Crippen LogP contribution in [-0.4, -0.2) is 25.6 Å². The predicted molar refractivity (Wildman–Crippen MR) is 115 cm³/mol. The van der Waals surface area contributed by atoms with Crippen LogP contribution in [0.2, 0.25) is 0 Å². The Morgan fingerprint density at radius 2 is 1.80 bits per heavy atom. The minimum Gasteiger partial charge on any atom is -0.306 e. The number of non-ortho nitro benzene ring substituents is 1. The highest BCUT2D eigenvalue weighted by atomic mass is 32.1. The Bertz CT molecular complexity index is 1230. The van der Waals surface area contributed by atoms with Crippen LogP contribution in [0, 0.1) is 24.0 Å². The fraction of sp³-hybridized carbons (Fsp3) is 0.0952. The van der Waals surface area contributed by atoms with Crippen molar-refractivity contribution >= 4 is 28.7 Å². The number of nitro benzene ring substituents is 1. The SMILES string of the molecule is Cc1cc(NC(=O)c2sc(-c3ccccc3)nc2C)n(-c2ccc([N+](=O)[O-])cc2)n1. The third-order valence-corrected chi connectivity index (χ3v) is 5.61. The molecule has 4 aromatic rings. The molecule has 0 saturated heterocycles. The van der Waals surface area contributed by atoms with Crippen molar-refractivity contribution in [1.82, 2.24) is 14.8 Å². The average Bonchev–Trinajstić information content (AvgIpc) is 3.31. The van der Waals surface area contributed by atoms with Crippen molar-refractivity contribution in [2.75, 3.05) is 5.32 Å². The summed E-state index contributed by atoms with van der Waals surface area (Å²) in [4.78, 5) is 28.4. The summed E-state index contributed by atoms with van der Waals surface area (Å²) >= 11 is 1.33. The molecule has 2 aromatic carbocycles. The third kappa shape index (κ3) is 3.83. The summed E-state index contributed by atoms with van der Waals surface area (Å²) in [7, 11) is 0. The van der Waals surface area contributed by atoms with Gasteiger partial charge in [0.25, 0.3) is 11.6 Å². The highest BCUT2D eigenvalue weighted by Gasteiger charge is 2.19. The van der Waals surface area contributed by atoms with Crippen molar-refractivity contribution in [2.24, 2.45) is 0 Å². The van der Waals surface area contributed by atoms with Crippen LogP contribution >= 0.6 is 11.3 Å². The van der Waals surface area contributed by atoms with Crippen LogP contribution < -0.4 is 5.32 Å². The van der Waals surface area contributed by atoms with E-state index in [0.29, 0.717) is 27.8 Å². The van der Waals surface area contributed by atoms with E-state index in [-0.39, 0.29) is 11.6 Å². The number of aromatic nitrogens is 3. The number of carbonyl (C=O) groups excluding carboxylic acids is 1. The van der Waals surface area contributed by atoms with Crippen LogP contribution in [0.3, 0.4) is 0 Å². The monoisotopic (exact) mass is 419 g/mol. The number of benzene rings is 2. The van der Waals surface area contributed by atoms with Crippen molar-refractivity contribution in [1.29, 1.82) is 0 Å². The summed E-state index contributed by atoms with van der Waals surface area (Å²) in [6, 6.07) is 17.4. The fourth-order valence-corrected chi connectivity index (χ4v) is 3.95. The number of amides is 1. The molecular formula is C21H17N5O3S. The number of nitrogens with zero attached hydrogens (tertiary/aromatic N) is 4. The summed E-state index contributed by atoms with van der Waals surface area (Å²) in [6.45, 7) is 3.61. The van der Waals surface area contributed by atoms with Crippen LogP contribution in [-0.2, 0) is 0 Å². The molecule has 0 aliphatic heterocycles. The highest BCUT2D eigenvalue weighted by molar-refractivity contribution is 7.17. The zero-order valence-electron chi connectivity index (χ0n) is 16.2. The lowest BCUT2D eigenvalue weighted by atomic mass is 10.2. The van der Waals surface area contributed by atoms with Gasteiger partial charge in [-0.1, -0.05) is 30.3 Å². The zero-order chi connectivity index (χ0) is 21.3. The van der Waals surface area contributed by atoms with Gasteiger partial charge in [0.2, 0.25) is 0 Å². The Balaban J connectivity index is 1.62. The maximum absolute atomic E-state index is 12.9. The number of anilines is 1. The lowest BCUT2D eigenvalue weighted by Gasteiger charge is -2.08. The minimum atomic E-state index is -0.461. The summed E-state index contributed by atoms with van der Waals surface area (Å²) in [5.41, 5.74) is 2.90. The van der Waals surface area contributed by atoms with E-state index in [1.165, 1.54) is 23.5 Å². The van der Waals surface area contributed by atoms with Gasteiger partial charge in [-0.05, 0) is 26.0 Å². The van der Waals surface area contributed by atoms with Crippen molar-refractivity contribution in [3.63, 3.8) is 0 Å². The van der Waals surface area contributed by atoms with Crippen LogP contribution in [0.15, 0.2) is 60.7 Å². The molecule has 0 spiro atoms. The van der Waals surface area contributed by atoms with E-state index in [2.05, 4.69) is 15.4 Å². The molecule has 9 heteroatoms. The van der Waals surface area contributed by atoms with Gasteiger partial charge in [-0.25, -0.2) is 9.67 Å². The summed E-state index contributed by atoms with van der Waals surface area (Å²) in [5.74, 6) is 0.190. The molecule has 150 valence electrons. The molecule has 0 aliphatic rings. The number of thiazole rings is 1. The molecule has 1 amide bonds. The molecular weight excluding hydrogens is 402 g/mol. The van der Waals surface area contributed by atoms with Gasteiger partial charge >= 0.3 is 0 Å². The first-order chi connectivity index (χ1) is 14.4. The van der Waals surface area contributed by atoms with Crippen molar-refractivity contribution in [2.45, 2.75) is 13.8 Å². The van der Waals surface area contributed by atoms with E-state index in [1.54, 1.807) is 29.8 Å². The number of carbonyl (C=O) groups is 1. The molecule has 0 atom stereocenters. The molecule has 0 bridgehead atoms. The second-order valence-electron chi connectivity index (χ2n) is 6.61. The van der Waals surface area contributed by atoms with Gasteiger partial charge < -0.3 is 5.32 Å². The zero-order valence-corrected chi connectivity index (χ0v) is 17.0. The standard InChI is InChI=1S/C21H17N5O3S/c1-13-12-18(25(24-13)16-8-10-17(11-9-16)26(28)29)23-20(27)19-14(2)22-21(30-19)15-6-4-3-5-7-15/h3-12H,1-2H3,(H,23,27). The van der Waals surface area contributed by atoms with Gasteiger partial charge in [0.05, 0.1) is 22.0 Å². The number of hydrogen-bond acceptors (Lipinski definition) is 6. The second-order valence-corrected chi connectivity index (χ2v) is 7.61. The van der Waals surface area contributed by atoms with Gasteiger partial charge in [-0.15, -0.1) is 11.3 Å². The van der Waals surface area contributed by atoms with Crippen molar-refractivity contribution < 1.29 is 9.72 Å². The van der Waals surface area contributed by atoms with Gasteiger partial charge in [0.1, 0.15) is 15.7 Å². The normalized spacial score (nSPS) is 10.7. The van der Waals surface area contributed by atoms with E-state index in [1.807, 2.05) is 37.3 Å². The molecule has 0 radical (unpaired) electrons. The molecule has 30 heavy (non-hydrogen) atoms. The lowest BCUT2D eigenvalue weighted by Crippen LogP contribution is -2.15. The number of nitrogens with one attached hydrogen (secondary N) is 1. The van der Waals surface area contributed by atoms with Gasteiger partial charge in [0.15, 0.2) is 0 Å². The third-order valence-electron chi connectivity index (χ3n) is 4.40. The lowest BCUT2D eigenvalue weighted by molar-refractivity contribution is -0.384. The number of hydrogen-bond donors (Lipinski definition) is 1. The number of nitro groups is 1. The highest BCUT2D eigenvalue weighted by Crippen LogP contribution is 2.29. The molecule has 0 saturated carbocycles. The molecule has 0 aliphatic carbocycles. The molecule has 8 nitrogen and oxygen atoms in total. The topological polar surface area (TPSA) is 103 Å². The molecule has 2 aromatic heterocycles. The summed E-state index contributed by atoms with van der Waals surface area (Å²) in [5, 5.41) is 18.9. The van der Waals surface area contributed by atoms with Gasteiger partial charge in [0, 0.05) is 23.8 Å². The molecule has 0 unspecified atom stereocenters. The maximum Gasteiger partial charge on any atom is 0.269 e. The second kappa shape index (κ2) is 7.88. The first kappa shape index (κ1) is 19.5.